The van der Waals surface area contributed by atoms with Crippen molar-refractivity contribution in [2.24, 2.45) is 0 Å². The second-order valence-corrected chi connectivity index (χ2v) is 4.26. The van der Waals surface area contributed by atoms with Gasteiger partial charge in [-0.1, -0.05) is 6.58 Å². The quantitative estimate of drug-likeness (QED) is 0.395. The van der Waals surface area contributed by atoms with Gasteiger partial charge in [-0.15, -0.1) is 0 Å². The fourth-order valence-electron chi connectivity index (χ4n) is 1.34. The number of carbonyl (C=O) groups is 3. The molecule has 0 heterocycles. The Bertz CT molecular complexity index is 353. The van der Waals surface area contributed by atoms with Crippen LogP contribution >= 0.6 is 0 Å². The summed E-state index contributed by atoms with van der Waals surface area (Å²) in [5, 5.41) is 2.62. The number of nitrogens with zero attached hydrogens (tertiary/aromatic N) is 1. The van der Waals surface area contributed by atoms with E-state index in [4.69, 9.17) is 4.74 Å². The molecule has 0 atom stereocenters. The van der Waals surface area contributed by atoms with E-state index in [2.05, 4.69) is 11.9 Å². The number of esters is 1. The first-order valence-corrected chi connectivity index (χ1v) is 6.17. The molecule has 0 aliphatic rings. The number of rotatable bonds is 8. The van der Waals surface area contributed by atoms with Gasteiger partial charge in [-0.3, -0.25) is 9.59 Å². The zero-order chi connectivity index (χ0) is 14.8. The van der Waals surface area contributed by atoms with Crippen LogP contribution in [0.4, 0.5) is 0 Å². The minimum absolute atomic E-state index is 0.0726. The van der Waals surface area contributed by atoms with Crippen LogP contribution in [-0.4, -0.2) is 48.9 Å². The van der Waals surface area contributed by atoms with Gasteiger partial charge in [0.15, 0.2) is 0 Å². The molecule has 0 fully saturated rings. The van der Waals surface area contributed by atoms with Gasteiger partial charge >= 0.3 is 5.97 Å². The molecule has 2 amide bonds. The van der Waals surface area contributed by atoms with Crippen LogP contribution in [-0.2, 0) is 19.1 Å². The Morgan fingerprint density at radius 2 is 1.79 bits per heavy atom. The van der Waals surface area contributed by atoms with Crippen molar-refractivity contribution in [1.82, 2.24) is 10.2 Å². The van der Waals surface area contributed by atoms with Crippen LogP contribution in [0.1, 0.15) is 27.2 Å². The van der Waals surface area contributed by atoms with Crippen molar-refractivity contribution in [3.05, 3.63) is 12.2 Å². The maximum absolute atomic E-state index is 11.3. The van der Waals surface area contributed by atoms with Crippen LogP contribution in [0.3, 0.4) is 0 Å². The monoisotopic (exact) mass is 270 g/mol. The molecule has 0 unspecified atom stereocenters. The molecule has 0 aromatic rings. The summed E-state index contributed by atoms with van der Waals surface area (Å²) in [5.74, 6) is -0.622. The molecule has 0 bridgehead atoms. The van der Waals surface area contributed by atoms with E-state index in [9.17, 15) is 14.4 Å². The van der Waals surface area contributed by atoms with Crippen molar-refractivity contribution in [2.45, 2.75) is 27.2 Å². The third kappa shape index (κ3) is 8.82. The van der Waals surface area contributed by atoms with Gasteiger partial charge < -0.3 is 15.0 Å². The van der Waals surface area contributed by atoms with Crippen LogP contribution in [0.2, 0.25) is 0 Å². The molecule has 6 heteroatoms. The predicted molar refractivity (Wildman–Crippen MR) is 71.3 cm³/mol. The molecule has 0 aliphatic heterocycles. The first-order chi connectivity index (χ1) is 8.84. The highest BCUT2D eigenvalue weighted by atomic mass is 16.5. The first kappa shape index (κ1) is 17.2. The van der Waals surface area contributed by atoms with Crippen molar-refractivity contribution in [3.8, 4) is 0 Å². The van der Waals surface area contributed by atoms with Crippen LogP contribution in [0.5, 0.6) is 0 Å². The molecular weight excluding hydrogens is 248 g/mol. The lowest BCUT2D eigenvalue weighted by molar-refractivity contribution is -0.139. The van der Waals surface area contributed by atoms with Crippen molar-refractivity contribution in [2.75, 3.05) is 26.2 Å². The summed E-state index contributed by atoms with van der Waals surface area (Å²) in [7, 11) is 0. The maximum atomic E-state index is 11.3. The number of ether oxygens (including phenoxy) is 1. The average Bonchev–Trinajstić information content (AvgIpc) is 2.30. The standard InChI is InChI=1S/C13H22N2O4/c1-10(2)13(18)19-9-5-7-15(12(4)17)8-6-14-11(3)16/h1,5-9H2,2-4H3,(H,14,16). The van der Waals surface area contributed by atoms with Gasteiger partial charge in [-0.2, -0.15) is 0 Å². The largest absolute Gasteiger partial charge is 0.462 e. The highest BCUT2D eigenvalue weighted by Crippen LogP contribution is 1.96. The summed E-state index contributed by atoms with van der Waals surface area (Å²) in [6.45, 7) is 9.54. The van der Waals surface area contributed by atoms with Crippen LogP contribution < -0.4 is 5.32 Å². The minimum atomic E-state index is -0.423. The summed E-state index contributed by atoms with van der Waals surface area (Å²) in [5.41, 5.74) is 0.356. The molecule has 0 rings (SSSR count). The maximum Gasteiger partial charge on any atom is 0.333 e. The second kappa shape index (κ2) is 9.13. The van der Waals surface area contributed by atoms with Crippen LogP contribution in [0.25, 0.3) is 0 Å². The van der Waals surface area contributed by atoms with Gasteiger partial charge in [0.25, 0.3) is 0 Å². The third-order valence-corrected chi connectivity index (χ3v) is 2.35. The SMILES string of the molecule is C=C(C)C(=O)OCCCN(CCNC(C)=O)C(C)=O. The van der Waals surface area contributed by atoms with Gasteiger partial charge in [0.05, 0.1) is 6.61 Å². The molecule has 108 valence electrons. The zero-order valence-electron chi connectivity index (χ0n) is 11.8. The molecule has 1 N–H and O–H groups in total. The van der Waals surface area contributed by atoms with Crippen LogP contribution in [0.15, 0.2) is 12.2 Å². The number of hydrogen-bond acceptors (Lipinski definition) is 4. The van der Waals surface area contributed by atoms with Crippen LogP contribution in [0, 0.1) is 0 Å². The lowest BCUT2D eigenvalue weighted by Gasteiger charge is -2.21. The Kier molecular flexibility index (Phi) is 8.24. The molecular formula is C13H22N2O4. The fourth-order valence-corrected chi connectivity index (χ4v) is 1.34. The van der Waals surface area contributed by atoms with E-state index in [1.165, 1.54) is 13.8 Å². The van der Waals surface area contributed by atoms with Gasteiger partial charge in [0.1, 0.15) is 0 Å². The summed E-state index contributed by atoms with van der Waals surface area (Å²) >= 11 is 0. The van der Waals surface area contributed by atoms with E-state index >= 15 is 0 Å². The Morgan fingerprint density at radius 3 is 2.26 bits per heavy atom. The highest BCUT2D eigenvalue weighted by Gasteiger charge is 2.09. The Morgan fingerprint density at radius 1 is 1.16 bits per heavy atom. The minimum Gasteiger partial charge on any atom is -0.462 e. The van der Waals surface area contributed by atoms with E-state index in [0.29, 0.717) is 31.6 Å². The van der Waals surface area contributed by atoms with Gasteiger partial charge in [-0.05, 0) is 13.3 Å². The van der Waals surface area contributed by atoms with Gasteiger partial charge in [0, 0.05) is 39.1 Å². The number of carbonyl (C=O) groups excluding carboxylic acids is 3. The fraction of sp³-hybridized carbons (Fsp3) is 0.615. The Balaban J connectivity index is 3.89. The second-order valence-electron chi connectivity index (χ2n) is 4.26. The molecule has 19 heavy (non-hydrogen) atoms. The van der Waals surface area contributed by atoms with Gasteiger partial charge in [-0.25, -0.2) is 4.79 Å². The Labute approximate surface area is 113 Å². The summed E-state index contributed by atoms with van der Waals surface area (Å²) in [6, 6.07) is 0. The molecule has 0 spiro atoms. The predicted octanol–water partition coefficient (Wildman–Crippen LogP) is 0.480. The Hall–Kier alpha value is -1.85. The lowest BCUT2D eigenvalue weighted by atomic mass is 10.3. The van der Waals surface area contributed by atoms with Crippen molar-refractivity contribution in [1.29, 1.82) is 0 Å². The molecule has 0 aromatic heterocycles. The summed E-state index contributed by atoms with van der Waals surface area (Å²) in [4.78, 5) is 34.8. The average molecular weight is 270 g/mol. The summed E-state index contributed by atoms with van der Waals surface area (Å²) in [6.07, 6.45) is 0.554. The van der Waals surface area contributed by atoms with Gasteiger partial charge in [0.2, 0.25) is 11.8 Å². The van der Waals surface area contributed by atoms with E-state index in [0.717, 1.165) is 0 Å². The van der Waals surface area contributed by atoms with E-state index in [1.807, 2.05) is 0 Å². The lowest BCUT2D eigenvalue weighted by Crippen LogP contribution is -2.37. The third-order valence-electron chi connectivity index (χ3n) is 2.35. The number of nitrogens with one attached hydrogen (secondary N) is 1. The van der Waals surface area contributed by atoms with Crippen molar-refractivity contribution >= 4 is 17.8 Å². The molecule has 0 saturated heterocycles. The normalized spacial score (nSPS) is 9.63. The molecule has 6 nitrogen and oxygen atoms in total. The molecule has 0 saturated carbocycles. The summed E-state index contributed by atoms with van der Waals surface area (Å²) < 4.78 is 4.93. The number of hydrogen-bond donors (Lipinski definition) is 1. The van der Waals surface area contributed by atoms with Crippen molar-refractivity contribution < 1.29 is 19.1 Å². The number of amides is 2. The highest BCUT2D eigenvalue weighted by molar-refractivity contribution is 5.86. The first-order valence-electron chi connectivity index (χ1n) is 6.17. The molecule has 0 aromatic carbocycles. The van der Waals surface area contributed by atoms with E-state index in [1.54, 1.807) is 11.8 Å². The topological polar surface area (TPSA) is 75.7 Å². The smallest absolute Gasteiger partial charge is 0.333 e. The molecule has 0 radical (unpaired) electrons. The van der Waals surface area contributed by atoms with Crippen molar-refractivity contribution in [3.63, 3.8) is 0 Å². The molecule has 0 aliphatic carbocycles. The van der Waals surface area contributed by atoms with E-state index < -0.39 is 5.97 Å². The van der Waals surface area contributed by atoms with E-state index in [-0.39, 0.29) is 18.4 Å². The zero-order valence-corrected chi connectivity index (χ0v) is 11.8.